The first kappa shape index (κ1) is 14.8. The predicted molar refractivity (Wildman–Crippen MR) is 74.5 cm³/mol. The zero-order valence-corrected chi connectivity index (χ0v) is 11.9. The van der Waals surface area contributed by atoms with Crippen LogP contribution in [-0.4, -0.2) is 39.4 Å². The molecule has 0 amide bonds. The van der Waals surface area contributed by atoms with Gasteiger partial charge in [-0.15, -0.1) is 11.3 Å². The fourth-order valence-electron chi connectivity index (χ4n) is 1.53. The van der Waals surface area contributed by atoms with Crippen LogP contribution in [-0.2, 0) is 9.47 Å². The largest absolute Gasteiger partial charge is 0.462 e. The molecule has 0 aliphatic heterocycles. The number of likely N-dealkylation sites (N-methyl/N-ethyl adjacent to an activating group) is 1. The Labute approximate surface area is 111 Å². The molecule has 102 valence electrons. The number of nitrogens with two attached hydrogens (primary N) is 1. The van der Waals surface area contributed by atoms with Crippen molar-refractivity contribution in [3.63, 3.8) is 0 Å². The van der Waals surface area contributed by atoms with E-state index in [0.717, 1.165) is 18.1 Å². The Kier molecular flexibility index (Phi) is 5.94. The van der Waals surface area contributed by atoms with Crippen LogP contribution < -0.4 is 10.6 Å². The molecule has 2 N–H and O–H groups in total. The number of carbonyl (C=O) groups is 1. The highest BCUT2D eigenvalue weighted by molar-refractivity contribution is 7.18. The van der Waals surface area contributed by atoms with Crippen molar-refractivity contribution in [1.82, 2.24) is 0 Å². The molecule has 0 radical (unpaired) electrons. The number of rotatable bonds is 7. The second-order valence-corrected chi connectivity index (χ2v) is 4.69. The smallest absolute Gasteiger partial charge is 0.350 e. The third-order valence-corrected chi connectivity index (χ3v) is 3.66. The molecule has 0 saturated carbocycles. The minimum Gasteiger partial charge on any atom is -0.462 e. The summed E-state index contributed by atoms with van der Waals surface area (Å²) in [5.74, 6) is -0.353. The van der Waals surface area contributed by atoms with Gasteiger partial charge in [0.25, 0.3) is 0 Å². The first-order valence-corrected chi connectivity index (χ1v) is 6.75. The van der Waals surface area contributed by atoms with Gasteiger partial charge in [0.15, 0.2) is 0 Å². The third kappa shape index (κ3) is 3.61. The monoisotopic (exact) mass is 272 g/mol. The van der Waals surface area contributed by atoms with Crippen LogP contribution in [0.2, 0.25) is 0 Å². The van der Waals surface area contributed by atoms with E-state index in [0.29, 0.717) is 23.8 Å². The average molecular weight is 272 g/mol. The van der Waals surface area contributed by atoms with Crippen LogP contribution in [0.1, 0.15) is 23.5 Å². The fraction of sp³-hybridized carbons (Fsp3) is 0.583. The molecule has 0 aliphatic rings. The maximum Gasteiger partial charge on any atom is 0.350 e. The van der Waals surface area contributed by atoms with Gasteiger partial charge in [-0.3, -0.25) is 0 Å². The topological polar surface area (TPSA) is 64.8 Å². The molecule has 0 bridgehead atoms. The molecule has 0 saturated heterocycles. The first-order valence-electron chi connectivity index (χ1n) is 5.94. The Bertz CT molecular complexity index is 393. The second kappa shape index (κ2) is 7.23. The van der Waals surface area contributed by atoms with Crippen LogP contribution in [0.25, 0.3) is 0 Å². The van der Waals surface area contributed by atoms with Crippen LogP contribution in [0.3, 0.4) is 0 Å². The number of nitrogens with zero attached hydrogens (tertiary/aromatic N) is 1. The van der Waals surface area contributed by atoms with E-state index < -0.39 is 0 Å². The molecular weight excluding hydrogens is 252 g/mol. The maximum atomic E-state index is 11.7. The molecule has 18 heavy (non-hydrogen) atoms. The maximum absolute atomic E-state index is 11.7. The van der Waals surface area contributed by atoms with Crippen molar-refractivity contribution < 1.29 is 14.3 Å². The minimum absolute atomic E-state index is 0.353. The Morgan fingerprint density at radius 2 is 2.22 bits per heavy atom. The number of ether oxygens (including phenoxy) is 2. The normalized spacial score (nSPS) is 10.4. The lowest BCUT2D eigenvalue weighted by atomic mass is 10.4. The highest BCUT2D eigenvalue weighted by Gasteiger charge is 2.17. The van der Waals surface area contributed by atoms with Crippen molar-refractivity contribution in [2.75, 3.05) is 44.0 Å². The lowest BCUT2D eigenvalue weighted by Crippen LogP contribution is -2.25. The van der Waals surface area contributed by atoms with Gasteiger partial charge in [-0.25, -0.2) is 4.79 Å². The molecule has 0 fully saturated rings. The average Bonchev–Trinajstić information content (AvgIpc) is 2.73. The van der Waals surface area contributed by atoms with Gasteiger partial charge >= 0.3 is 5.97 Å². The number of carbonyl (C=O) groups excluding carboxylic acids is 1. The van der Waals surface area contributed by atoms with Gasteiger partial charge < -0.3 is 20.1 Å². The van der Waals surface area contributed by atoms with E-state index in [1.165, 1.54) is 11.3 Å². The van der Waals surface area contributed by atoms with Crippen LogP contribution in [0.15, 0.2) is 6.07 Å². The predicted octanol–water partition coefficient (Wildman–Crippen LogP) is 1.98. The molecule has 1 rings (SSSR count). The molecular formula is C12H20N2O3S. The molecule has 0 aromatic carbocycles. The van der Waals surface area contributed by atoms with E-state index >= 15 is 0 Å². The summed E-state index contributed by atoms with van der Waals surface area (Å²) in [4.78, 5) is 14.3. The summed E-state index contributed by atoms with van der Waals surface area (Å²) >= 11 is 1.36. The number of thiophene rings is 1. The summed E-state index contributed by atoms with van der Waals surface area (Å²) in [5.41, 5.74) is 6.32. The highest BCUT2D eigenvalue weighted by Crippen LogP contribution is 2.32. The van der Waals surface area contributed by atoms with Crippen molar-refractivity contribution in [3.8, 4) is 0 Å². The molecule has 0 spiro atoms. The van der Waals surface area contributed by atoms with Gasteiger partial charge in [-0.2, -0.15) is 0 Å². The standard InChI is InChI=1S/C12H20N2O3S/c1-4-14(6-7-16-3)10-8-9(13)11(18-10)12(15)17-5-2/h8H,4-7,13H2,1-3H3. The molecule has 0 aliphatic carbocycles. The Morgan fingerprint density at radius 1 is 1.50 bits per heavy atom. The number of esters is 1. The number of methoxy groups -OCH3 is 1. The second-order valence-electron chi connectivity index (χ2n) is 3.66. The van der Waals surface area contributed by atoms with E-state index in [1.54, 1.807) is 14.0 Å². The Hall–Kier alpha value is -1.27. The number of nitrogen functional groups attached to an aromatic ring is 1. The number of hydrogen-bond acceptors (Lipinski definition) is 6. The summed E-state index contributed by atoms with van der Waals surface area (Å²) in [6.07, 6.45) is 0. The SMILES string of the molecule is CCOC(=O)c1sc(N(CC)CCOC)cc1N. The van der Waals surface area contributed by atoms with E-state index in [2.05, 4.69) is 11.8 Å². The zero-order chi connectivity index (χ0) is 13.5. The molecule has 1 heterocycles. The molecule has 0 unspecified atom stereocenters. The molecule has 6 heteroatoms. The minimum atomic E-state index is -0.353. The van der Waals surface area contributed by atoms with Crippen molar-refractivity contribution in [3.05, 3.63) is 10.9 Å². The van der Waals surface area contributed by atoms with Gasteiger partial charge in [0.05, 0.1) is 23.9 Å². The van der Waals surface area contributed by atoms with Gasteiger partial charge in [0.2, 0.25) is 0 Å². The number of hydrogen-bond donors (Lipinski definition) is 1. The Balaban J connectivity index is 2.84. The van der Waals surface area contributed by atoms with E-state index in [1.807, 2.05) is 6.07 Å². The summed E-state index contributed by atoms with van der Waals surface area (Å²) in [6, 6.07) is 1.82. The van der Waals surface area contributed by atoms with E-state index in [-0.39, 0.29) is 5.97 Å². The number of anilines is 2. The van der Waals surface area contributed by atoms with Crippen LogP contribution in [0.4, 0.5) is 10.7 Å². The van der Waals surface area contributed by atoms with Gasteiger partial charge in [-0.05, 0) is 19.9 Å². The highest BCUT2D eigenvalue weighted by atomic mass is 32.1. The van der Waals surface area contributed by atoms with Crippen LogP contribution in [0.5, 0.6) is 0 Å². The van der Waals surface area contributed by atoms with Crippen molar-refractivity contribution in [2.45, 2.75) is 13.8 Å². The summed E-state index contributed by atoms with van der Waals surface area (Å²) in [7, 11) is 1.67. The van der Waals surface area contributed by atoms with Gasteiger partial charge in [0, 0.05) is 20.2 Å². The van der Waals surface area contributed by atoms with E-state index in [4.69, 9.17) is 15.2 Å². The molecule has 1 aromatic heterocycles. The van der Waals surface area contributed by atoms with Gasteiger partial charge in [0.1, 0.15) is 4.88 Å². The molecule has 0 atom stereocenters. The van der Waals surface area contributed by atoms with Gasteiger partial charge in [-0.1, -0.05) is 0 Å². The van der Waals surface area contributed by atoms with Crippen molar-refractivity contribution >= 4 is 28.0 Å². The lowest BCUT2D eigenvalue weighted by molar-refractivity contribution is 0.0533. The van der Waals surface area contributed by atoms with Crippen LogP contribution in [0, 0.1) is 0 Å². The molecule has 5 nitrogen and oxygen atoms in total. The van der Waals surface area contributed by atoms with Crippen molar-refractivity contribution in [1.29, 1.82) is 0 Å². The summed E-state index contributed by atoms with van der Waals surface area (Å²) in [5, 5.41) is 0.968. The lowest BCUT2D eigenvalue weighted by Gasteiger charge is -2.20. The summed E-state index contributed by atoms with van der Waals surface area (Å²) in [6.45, 7) is 6.43. The van der Waals surface area contributed by atoms with Crippen LogP contribution >= 0.6 is 11.3 Å². The fourth-order valence-corrected chi connectivity index (χ4v) is 2.59. The zero-order valence-electron chi connectivity index (χ0n) is 11.1. The van der Waals surface area contributed by atoms with E-state index in [9.17, 15) is 4.79 Å². The third-order valence-electron chi connectivity index (χ3n) is 2.47. The Morgan fingerprint density at radius 3 is 2.78 bits per heavy atom. The molecule has 1 aromatic rings. The quantitative estimate of drug-likeness (QED) is 0.769. The first-order chi connectivity index (χ1) is 8.63. The summed E-state index contributed by atoms with van der Waals surface area (Å²) < 4.78 is 10.0. The van der Waals surface area contributed by atoms with Crippen molar-refractivity contribution in [2.24, 2.45) is 0 Å².